The molecule has 1 atom stereocenters. The topological polar surface area (TPSA) is 61.8 Å². The van der Waals surface area contributed by atoms with Gasteiger partial charge >= 0.3 is 11.9 Å². The highest BCUT2D eigenvalue weighted by atomic mass is 16.6. The zero-order valence-corrected chi connectivity index (χ0v) is 47.9. The average Bonchev–Trinajstić information content (AvgIpc) is 3.38. The highest BCUT2D eigenvalue weighted by Crippen LogP contribution is 2.15. The molecule has 0 aromatic heterocycles. The quantitative estimate of drug-likeness (QED) is 0.0345. The van der Waals surface area contributed by atoms with E-state index in [9.17, 15) is 9.59 Å². The zero-order valence-electron chi connectivity index (χ0n) is 47.9. The molecule has 1 unspecified atom stereocenters. The number of ether oxygens (including phenoxy) is 3. The fraction of sp³-hybridized carbons (Fsp3) is 0.761. The molecule has 0 radical (unpaired) electrons. The number of hydrogen-bond donors (Lipinski definition) is 0. The van der Waals surface area contributed by atoms with Crippen LogP contribution >= 0.6 is 0 Å². The second kappa shape index (κ2) is 62.4. The smallest absolute Gasteiger partial charge is 0.306 e. The number of unbranched alkanes of at least 4 members (excludes halogenated alkanes) is 32. The summed E-state index contributed by atoms with van der Waals surface area (Å²) >= 11 is 0. The predicted molar refractivity (Wildman–Crippen MR) is 316 cm³/mol. The molecule has 5 heteroatoms. The molecule has 0 spiro atoms. The zero-order chi connectivity index (χ0) is 52.0. The van der Waals surface area contributed by atoms with Crippen molar-refractivity contribution in [1.82, 2.24) is 0 Å². The van der Waals surface area contributed by atoms with Gasteiger partial charge in [-0.05, 0) is 116 Å². The summed E-state index contributed by atoms with van der Waals surface area (Å²) in [5.41, 5.74) is 0. The summed E-state index contributed by atoms with van der Waals surface area (Å²) in [4.78, 5) is 25.6. The third-order valence-corrected chi connectivity index (χ3v) is 13.4. The molecule has 0 saturated heterocycles. The molecule has 0 aliphatic rings. The van der Waals surface area contributed by atoms with Crippen LogP contribution in [0.15, 0.2) is 85.1 Å². The van der Waals surface area contributed by atoms with Gasteiger partial charge < -0.3 is 14.2 Å². The second-order valence-electron chi connectivity index (χ2n) is 20.6. The van der Waals surface area contributed by atoms with Gasteiger partial charge in [0, 0.05) is 19.4 Å². The molecule has 416 valence electrons. The normalized spacial score (nSPS) is 12.8. The van der Waals surface area contributed by atoms with Crippen LogP contribution in [0.2, 0.25) is 0 Å². The van der Waals surface area contributed by atoms with Crippen LogP contribution in [-0.2, 0) is 23.8 Å². The van der Waals surface area contributed by atoms with Crippen LogP contribution in [0.3, 0.4) is 0 Å². The molecule has 0 aromatic rings. The van der Waals surface area contributed by atoms with Gasteiger partial charge in [-0.25, -0.2) is 0 Å². The molecular formula is C67H118O5. The van der Waals surface area contributed by atoms with Gasteiger partial charge in [0.25, 0.3) is 0 Å². The van der Waals surface area contributed by atoms with Crippen molar-refractivity contribution in [2.45, 2.75) is 309 Å². The van der Waals surface area contributed by atoms with Crippen LogP contribution in [0.5, 0.6) is 0 Å². The molecule has 0 fully saturated rings. The van der Waals surface area contributed by atoms with Crippen LogP contribution in [0.25, 0.3) is 0 Å². The van der Waals surface area contributed by atoms with E-state index >= 15 is 0 Å². The van der Waals surface area contributed by atoms with Crippen molar-refractivity contribution in [3.8, 4) is 0 Å². The van der Waals surface area contributed by atoms with Crippen molar-refractivity contribution in [3.05, 3.63) is 85.1 Å². The highest BCUT2D eigenvalue weighted by molar-refractivity contribution is 5.70. The van der Waals surface area contributed by atoms with E-state index in [0.29, 0.717) is 19.4 Å². The largest absolute Gasteiger partial charge is 0.462 e. The van der Waals surface area contributed by atoms with Crippen molar-refractivity contribution in [2.75, 3.05) is 19.8 Å². The summed E-state index contributed by atoms with van der Waals surface area (Å²) in [5.74, 6) is -0.409. The predicted octanol–water partition coefficient (Wildman–Crippen LogP) is 21.6. The van der Waals surface area contributed by atoms with Gasteiger partial charge in [0.2, 0.25) is 0 Å². The first kappa shape index (κ1) is 69.1. The molecule has 0 aromatic carbocycles. The fourth-order valence-electron chi connectivity index (χ4n) is 8.76. The molecule has 0 heterocycles. The number of rotatable bonds is 57. The van der Waals surface area contributed by atoms with Gasteiger partial charge in [0.15, 0.2) is 6.10 Å². The summed E-state index contributed by atoms with van der Waals surface area (Å²) in [6, 6.07) is 0. The van der Waals surface area contributed by atoms with Gasteiger partial charge in [-0.2, -0.15) is 0 Å². The third-order valence-electron chi connectivity index (χ3n) is 13.4. The Morgan fingerprint density at radius 2 is 0.625 bits per heavy atom. The maximum absolute atomic E-state index is 12.9. The van der Waals surface area contributed by atoms with E-state index in [1.807, 2.05) is 0 Å². The van der Waals surface area contributed by atoms with Crippen LogP contribution in [-0.4, -0.2) is 37.9 Å². The molecule has 72 heavy (non-hydrogen) atoms. The Hall–Kier alpha value is -2.92. The molecule has 0 saturated carbocycles. The van der Waals surface area contributed by atoms with Crippen molar-refractivity contribution in [3.63, 3.8) is 0 Å². The Kier molecular flexibility index (Phi) is 59.8. The SMILES string of the molecule is CC/C=C\C/C=C\C/C=C\CCCCCCCCCCOCC(COC(=O)CCCCCCCC/C=C\C/C=C\C/C=C\CCCCC)OC(=O)CCCCCCCCCCC/C=C\CCCCCCCC. The number of carbonyl (C=O) groups is 2. The van der Waals surface area contributed by atoms with Gasteiger partial charge in [-0.15, -0.1) is 0 Å². The van der Waals surface area contributed by atoms with Gasteiger partial charge in [0.1, 0.15) is 6.61 Å². The minimum Gasteiger partial charge on any atom is -0.462 e. The second-order valence-corrected chi connectivity index (χ2v) is 20.6. The summed E-state index contributed by atoms with van der Waals surface area (Å²) in [6.07, 6.45) is 83.2. The summed E-state index contributed by atoms with van der Waals surface area (Å²) < 4.78 is 17.5. The van der Waals surface area contributed by atoms with Gasteiger partial charge in [0.05, 0.1) is 6.61 Å². The van der Waals surface area contributed by atoms with Crippen molar-refractivity contribution in [2.24, 2.45) is 0 Å². The minimum absolute atomic E-state index is 0.0727. The lowest BCUT2D eigenvalue weighted by Gasteiger charge is -2.18. The monoisotopic (exact) mass is 1000 g/mol. The van der Waals surface area contributed by atoms with E-state index in [4.69, 9.17) is 14.2 Å². The molecule has 0 N–H and O–H groups in total. The lowest BCUT2D eigenvalue weighted by atomic mass is 10.1. The van der Waals surface area contributed by atoms with E-state index < -0.39 is 6.10 Å². The lowest BCUT2D eigenvalue weighted by Crippen LogP contribution is -2.30. The van der Waals surface area contributed by atoms with Crippen LogP contribution in [0, 0.1) is 0 Å². The molecule has 0 bridgehead atoms. The number of esters is 2. The first-order valence-corrected chi connectivity index (χ1v) is 31.1. The van der Waals surface area contributed by atoms with E-state index in [-0.39, 0.29) is 25.2 Å². The van der Waals surface area contributed by atoms with E-state index in [1.54, 1.807) is 0 Å². The number of carbonyl (C=O) groups excluding carboxylic acids is 2. The molecule has 0 rings (SSSR count). The van der Waals surface area contributed by atoms with Gasteiger partial charge in [-0.3, -0.25) is 9.59 Å². The van der Waals surface area contributed by atoms with Crippen molar-refractivity contribution < 1.29 is 23.8 Å². The summed E-state index contributed by atoms with van der Waals surface area (Å²) in [6.45, 7) is 7.69. The van der Waals surface area contributed by atoms with E-state index in [2.05, 4.69) is 106 Å². The maximum atomic E-state index is 12.9. The molecular weight excluding hydrogens is 885 g/mol. The van der Waals surface area contributed by atoms with Crippen LogP contribution in [0.1, 0.15) is 303 Å². The Labute approximate surface area is 448 Å². The minimum atomic E-state index is -0.552. The molecule has 0 amide bonds. The number of hydrogen-bond acceptors (Lipinski definition) is 5. The average molecular weight is 1000 g/mol. The Balaban J connectivity index is 4.32. The molecule has 5 nitrogen and oxygen atoms in total. The summed E-state index contributed by atoms with van der Waals surface area (Å²) in [7, 11) is 0. The van der Waals surface area contributed by atoms with Crippen molar-refractivity contribution >= 4 is 11.9 Å². The Morgan fingerprint density at radius 1 is 0.319 bits per heavy atom. The van der Waals surface area contributed by atoms with Crippen molar-refractivity contribution in [1.29, 1.82) is 0 Å². The first-order valence-electron chi connectivity index (χ1n) is 31.1. The van der Waals surface area contributed by atoms with Gasteiger partial charge in [-0.1, -0.05) is 260 Å². The maximum Gasteiger partial charge on any atom is 0.306 e. The van der Waals surface area contributed by atoms with Crippen LogP contribution < -0.4 is 0 Å². The van der Waals surface area contributed by atoms with E-state index in [0.717, 1.165) is 83.5 Å². The fourth-order valence-corrected chi connectivity index (χ4v) is 8.76. The molecule has 0 aliphatic carbocycles. The van der Waals surface area contributed by atoms with Crippen LogP contribution in [0.4, 0.5) is 0 Å². The van der Waals surface area contributed by atoms with E-state index in [1.165, 1.54) is 186 Å². The Morgan fingerprint density at radius 3 is 1.04 bits per heavy atom. The number of allylic oxidation sites excluding steroid dienone is 14. The Bertz CT molecular complexity index is 1320. The standard InChI is InChI=1S/C67H118O5/c1-4-7-10-13-16-19-22-25-28-31-34-36-39-42-45-48-51-54-57-60-66(68)71-64-65(63-70-62-59-56-53-50-47-44-41-38-33-30-27-24-21-18-15-12-9-6-3)72-67(69)61-58-55-52-49-46-43-40-37-35-32-29-26-23-20-17-14-11-8-5-2/h9,12,16,18-19,21,25-30,34,36,65H,4-8,10-11,13-15,17,20,22-24,31-33,35,37-64H2,1-3H3/b12-9-,19-16-,21-18-,28-25-,29-26-,30-27-,36-34-. The third kappa shape index (κ3) is 59.6. The lowest BCUT2D eigenvalue weighted by molar-refractivity contribution is -0.163. The highest BCUT2D eigenvalue weighted by Gasteiger charge is 2.17. The first-order chi connectivity index (χ1) is 35.6. The summed E-state index contributed by atoms with van der Waals surface area (Å²) in [5, 5.41) is 0. The molecule has 0 aliphatic heterocycles.